The van der Waals surface area contributed by atoms with Crippen molar-refractivity contribution in [2.45, 2.75) is 26.4 Å². The van der Waals surface area contributed by atoms with E-state index in [-0.39, 0.29) is 23.1 Å². The Labute approximate surface area is 177 Å². The molecule has 3 rings (SSSR count). The van der Waals surface area contributed by atoms with Crippen LogP contribution in [0.2, 0.25) is 0 Å². The third kappa shape index (κ3) is 4.37. The average Bonchev–Trinajstić information content (AvgIpc) is 2.78. The fourth-order valence-corrected chi connectivity index (χ4v) is 3.24. The molecule has 2 N–H and O–H groups in total. The number of carbonyl (C=O) groups excluding carboxylic acids is 1. The summed E-state index contributed by atoms with van der Waals surface area (Å²) in [6.45, 7) is 2.50. The summed E-state index contributed by atoms with van der Waals surface area (Å²) in [5, 5.41) is 2.95. The molecule has 3 aromatic rings. The Hall–Kier alpha value is -3.82. The number of nitrogens with zero attached hydrogens (tertiary/aromatic N) is 2. The van der Waals surface area contributed by atoms with Gasteiger partial charge in [-0.1, -0.05) is 6.92 Å². The maximum absolute atomic E-state index is 12.7. The van der Waals surface area contributed by atoms with E-state index in [1.54, 1.807) is 12.1 Å². The summed E-state index contributed by atoms with van der Waals surface area (Å²) in [5.74, 6) is 0.977. The number of benzene rings is 1. The fraction of sp³-hybridized carbons (Fsp3) is 0.333. The van der Waals surface area contributed by atoms with Gasteiger partial charge in [-0.05, 0) is 30.2 Å². The van der Waals surface area contributed by atoms with Gasteiger partial charge in [-0.3, -0.25) is 19.1 Å². The summed E-state index contributed by atoms with van der Waals surface area (Å²) >= 11 is 0. The van der Waals surface area contributed by atoms with Gasteiger partial charge in [0.15, 0.2) is 11.5 Å². The highest BCUT2D eigenvalue weighted by Gasteiger charge is 2.15. The lowest BCUT2D eigenvalue weighted by atomic mass is 10.1. The Balaban J connectivity index is 1.87. The summed E-state index contributed by atoms with van der Waals surface area (Å²) in [6, 6.07) is 4.89. The van der Waals surface area contributed by atoms with E-state index in [4.69, 9.17) is 14.2 Å². The number of pyridine rings is 1. The molecule has 10 nitrogen and oxygen atoms in total. The number of fused-ring (bicyclic) bond motifs is 1. The summed E-state index contributed by atoms with van der Waals surface area (Å²) < 4.78 is 17.3. The average molecular weight is 428 g/mol. The molecule has 0 aliphatic carbocycles. The molecule has 0 bridgehead atoms. The molecule has 0 saturated carbocycles. The van der Waals surface area contributed by atoms with Gasteiger partial charge in [0.2, 0.25) is 5.75 Å². The monoisotopic (exact) mass is 428 g/mol. The molecule has 1 amide bonds. The normalized spacial score (nSPS) is 10.7. The topological polar surface area (TPSA) is 125 Å². The minimum absolute atomic E-state index is 0.175. The molecule has 31 heavy (non-hydrogen) atoms. The zero-order chi connectivity index (χ0) is 22.5. The number of methoxy groups -OCH3 is 3. The predicted molar refractivity (Wildman–Crippen MR) is 114 cm³/mol. The van der Waals surface area contributed by atoms with Gasteiger partial charge >= 0.3 is 5.69 Å². The zero-order valence-electron chi connectivity index (χ0n) is 17.8. The van der Waals surface area contributed by atoms with Gasteiger partial charge in [-0.15, -0.1) is 0 Å². The summed E-state index contributed by atoms with van der Waals surface area (Å²) in [7, 11) is 4.53. The van der Waals surface area contributed by atoms with E-state index in [0.29, 0.717) is 30.2 Å². The Bertz CT molecular complexity index is 1210. The molecule has 0 fully saturated rings. The van der Waals surface area contributed by atoms with Crippen molar-refractivity contribution in [2.24, 2.45) is 0 Å². The highest BCUT2D eigenvalue weighted by molar-refractivity contribution is 5.96. The first-order valence-electron chi connectivity index (χ1n) is 9.63. The lowest BCUT2D eigenvalue weighted by Crippen LogP contribution is -2.31. The van der Waals surface area contributed by atoms with Crippen LogP contribution in [0.15, 0.2) is 34.0 Å². The van der Waals surface area contributed by atoms with E-state index in [1.165, 1.54) is 38.2 Å². The number of rotatable bonds is 8. The van der Waals surface area contributed by atoms with E-state index < -0.39 is 17.2 Å². The Kier molecular flexibility index (Phi) is 6.58. The quantitative estimate of drug-likeness (QED) is 0.556. The van der Waals surface area contributed by atoms with E-state index in [2.05, 4.69) is 15.3 Å². The van der Waals surface area contributed by atoms with Crippen LogP contribution in [0.4, 0.5) is 0 Å². The van der Waals surface area contributed by atoms with Crippen LogP contribution in [0, 0.1) is 0 Å². The molecule has 0 aliphatic heterocycles. The number of carbonyl (C=O) groups is 1. The van der Waals surface area contributed by atoms with Crippen LogP contribution in [-0.4, -0.2) is 41.8 Å². The maximum Gasteiger partial charge on any atom is 0.329 e. The van der Waals surface area contributed by atoms with E-state index >= 15 is 0 Å². The minimum atomic E-state index is -0.584. The second-order valence-electron chi connectivity index (χ2n) is 6.72. The number of H-pyrrole nitrogens is 1. The largest absolute Gasteiger partial charge is 0.493 e. The molecule has 0 spiro atoms. The number of nitrogens with one attached hydrogen (secondary N) is 2. The lowest BCUT2D eigenvalue weighted by molar-refractivity contribution is 0.0950. The number of aromatic nitrogens is 3. The molecule has 0 radical (unpaired) electrons. The van der Waals surface area contributed by atoms with Gasteiger partial charge in [0.05, 0.1) is 32.3 Å². The molecule has 2 aromatic heterocycles. The third-order valence-corrected chi connectivity index (χ3v) is 4.72. The van der Waals surface area contributed by atoms with E-state index in [9.17, 15) is 14.4 Å². The molecule has 0 atom stereocenters. The van der Waals surface area contributed by atoms with Crippen molar-refractivity contribution in [1.82, 2.24) is 19.9 Å². The van der Waals surface area contributed by atoms with Crippen LogP contribution in [0.5, 0.6) is 17.2 Å². The Morgan fingerprint density at radius 1 is 1.10 bits per heavy atom. The number of aromatic amines is 1. The molecule has 10 heteroatoms. The van der Waals surface area contributed by atoms with Gasteiger partial charge in [0, 0.05) is 19.3 Å². The van der Waals surface area contributed by atoms with Crippen molar-refractivity contribution in [1.29, 1.82) is 0 Å². The van der Waals surface area contributed by atoms with E-state index in [0.717, 1.165) is 5.56 Å². The number of hydrogen-bond acceptors (Lipinski definition) is 7. The predicted octanol–water partition coefficient (Wildman–Crippen LogP) is 1.45. The lowest BCUT2D eigenvalue weighted by Gasteiger charge is -2.14. The Morgan fingerprint density at radius 2 is 1.77 bits per heavy atom. The maximum atomic E-state index is 12.7. The van der Waals surface area contributed by atoms with Crippen molar-refractivity contribution in [3.8, 4) is 17.2 Å². The highest BCUT2D eigenvalue weighted by atomic mass is 16.5. The molecule has 164 valence electrons. The minimum Gasteiger partial charge on any atom is -0.493 e. The van der Waals surface area contributed by atoms with Crippen LogP contribution in [0.3, 0.4) is 0 Å². The summed E-state index contributed by atoms with van der Waals surface area (Å²) in [6.07, 6.45) is 2.04. The van der Waals surface area contributed by atoms with Gasteiger partial charge in [0.1, 0.15) is 5.65 Å². The van der Waals surface area contributed by atoms with Gasteiger partial charge < -0.3 is 19.5 Å². The van der Waals surface area contributed by atoms with Crippen molar-refractivity contribution in [3.63, 3.8) is 0 Å². The molecule has 0 aliphatic rings. The van der Waals surface area contributed by atoms with Gasteiger partial charge in [-0.2, -0.15) is 0 Å². The van der Waals surface area contributed by atoms with Gasteiger partial charge in [0.25, 0.3) is 11.5 Å². The molecule has 2 heterocycles. The zero-order valence-corrected chi connectivity index (χ0v) is 17.8. The van der Waals surface area contributed by atoms with E-state index in [1.807, 2.05) is 6.92 Å². The number of ether oxygens (including phenoxy) is 3. The second-order valence-corrected chi connectivity index (χ2v) is 6.72. The Morgan fingerprint density at radius 3 is 2.35 bits per heavy atom. The summed E-state index contributed by atoms with van der Waals surface area (Å²) in [5.41, 5.74) is 0.0701. The molecule has 0 saturated heterocycles. The van der Waals surface area contributed by atoms with Crippen molar-refractivity contribution >= 4 is 16.9 Å². The molecule has 0 unspecified atom stereocenters. The first-order valence-corrected chi connectivity index (χ1v) is 9.63. The molecular weight excluding hydrogens is 404 g/mol. The first kappa shape index (κ1) is 21.9. The fourth-order valence-electron chi connectivity index (χ4n) is 3.24. The third-order valence-electron chi connectivity index (χ3n) is 4.72. The second kappa shape index (κ2) is 9.33. The standard InChI is InChI=1S/C21H24N4O6/c1-5-6-25-18-14(20(27)24-21(25)28)9-13(11-22-18)19(26)23-10-12-7-15(29-2)17(31-4)16(8-12)30-3/h7-9,11H,5-6,10H2,1-4H3,(H,23,26)(H,24,27,28). The van der Waals surface area contributed by atoms with Crippen molar-refractivity contribution in [3.05, 3.63) is 56.4 Å². The van der Waals surface area contributed by atoms with Crippen molar-refractivity contribution in [2.75, 3.05) is 21.3 Å². The first-order chi connectivity index (χ1) is 14.9. The van der Waals surface area contributed by atoms with Crippen LogP contribution in [0.1, 0.15) is 29.3 Å². The van der Waals surface area contributed by atoms with Gasteiger partial charge in [-0.25, -0.2) is 9.78 Å². The summed E-state index contributed by atoms with van der Waals surface area (Å²) in [4.78, 5) is 43.4. The number of amides is 1. The van der Waals surface area contributed by atoms with Crippen LogP contribution >= 0.6 is 0 Å². The molecular formula is C21H24N4O6. The SMILES string of the molecule is CCCn1c(=O)[nH]c(=O)c2cc(C(=O)NCc3cc(OC)c(OC)c(OC)c3)cnc21. The number of hydrogen-bond donors (Lipinski definition) is 2. The smallest absolute Gasteiger partial charge is 0.329 e. The van der Waals surface area contributed by atoms with Crippen LogP contribution in [-0.2, 0) is 13.1 Å². The highest BCUT2D eigenvalue weighted by Crippen LogP contribution is 2.38. The van der Waals surface area contributed by atoms with Crippen LogP contribution < -0.4 is 30.8 Å². The van der Waals surface area contributed by atoms with Crippen LogP contribution in [0.25, 0.3) is 11.0 Å². The van der Waals surface area contributed by atoms with Crippen molar-refractivity contribution < 1.29 is 19.0 Å². The number of aryl methyl sites for hydroxylation is 1. The molecule has 1 aromatic carbocycles.